The van der Waals surface area contributed by atoms with Gasteiger partial charge in [-0.3, -0.25) is 0 Å². The fourth-order valence-corrected chi connectivity index (χ4v) is 1.79. The first-order valence-electron chi connectivity index (χ1n) is 5.89. The third-order valence-corrected chi connectivity index (χ3v) is 3.21. The summed E-state index contributed by atoms with van der Waals surface area (Å²) in [6.45, 7) is 7.39. The average Bonchev–Trinajstić information content (AvgIpc) is 2.71. The minimum absolute atomic E-state index is 0.212. The van der Waals surface area contributed by atoms with E-state index in [0.29, 0.717) is 24.0 Å². The van der Waals surface area contributed by atoms with Crippen molar-refractivity contribution in [1.29, 1.82) is 0 Å². The fraction of sp³-hybridized carbons (Fsp3) is 0.667. The molecule has 0 bridgehead atoms. The summed E-state index contributed by atoms with van der Waals surface area (Å²) in [7, 11) is 0. The van der Waals surface area contributed by atoms with Gasteiger partial charge in [0.1, 0.15) is 6.26 Å². The van der Waals surface area contributed by atoms with Crippen LogP contribution in [0.5, 0.6) is 0 Å². The summed E-state index contributed by atoms with van der Waals surface area (Å²) in [5, 5.41) is 3.09. The maximum absolute atomic E-state index is 11.3. The minimum Gasteiger partial charge on any atom is -0.461 e. The lowest BCUT2D eigenvalue weighted by Gasteiger charge is -2.03. The van der Waals surface area contributed by atoms with Gasteiger partial charge in [-0.25, -0.2) is 4.79 Å². The average molecular weight is 238 g/mol. The Morgan fingerprint density at radius 1 is 1.71 bits per heavy atom. The van der Waals surface area contributed by atoms with E-state index in [0.717, 1.165) is 6.54 Å². The smallest absolute Gasteiger partial charge is 0.360 e. The molecule has 1 aromatic rings. The first kappa shape index (κ1) is 12.0. The molecule has 1 fully saturated rings. The zero-order chi connectivity index (χ0) is 12.5. The molecule has 1 N–H and O–H groups in total. The molecule has 17 heavy (non-hydrogen) atoms. The number of rotatable bonds is 5. The van der Waals surface area contributed by atoms with Gasteiger partial charge in [0.05, 0.1) is 6.61 Å². The molecule has 1 aromatic heterocycles. The van der Waals surface area contributed by atoms with Crippen molar-refractivity contribution in [3.8, 4) is 0 Å². The Labute approximate surface area is 101 Å². The molecule has 0 spiro atoms. The van der Waals surface area contributed by atoms with E-state index in [1.165, 1.54) is 12.7 Å². The molecule has 0 aliphatic heterocycles. The van der Waals surface area contributed by atoms with E-state index >= 15 is 0 Å². The Kier molecular flexibility index (Phi) is 3.09. The monoisotopic (exact) mass is 238 g/mol. The second kappa shape index (κ2) is 4.39. The normalized spacial score (nSPS) is 21.0. The van der Waals surface area contributed by atoms with Crippen LogP contribution in [-0.4, -0.2) is 24.1 Å². The Hall–Kier alpha value is -1.52. The summed E-state index contributed by atoms with van der Waals surface area (Å²) < 4.78 is 9.98. The van der Waals surface area contributed by atoms with Gasteiger partial charge in [0.25, 0.3) is 6.01 Å². The van der Waals surface area contributed by atoms with Crippen molar-refractivity contribution in [3.63, 3.8) is 0 Å². The summed E-state index contributed by atoms with van der Waals surface area (Å²) in [5.74, 6) is 0.205. The largest absolute Gasteiger partial charge is 0.461 e. The molecule has 1 unspecified atom stereocenters. The lowest BCUT2D eigenvalue weighted by Crippen LogP contribution is -2.08. The van der Waals surface area contributed by atoms with Crippen LogP contribution in [-0.2, 0) is 4.74 Å². The summed E-state index contributed by atoms with van der Waals surface area (Å²) >= 11 is 0. The number of anilines is 1. The molecule has 1 atom stereocenters. The van der Waals surface area contributed by atoms with Crippen LogP contribution in [0.1, 0.15) is 37.7 Å². The molecule has 1 saturated carbocycles. The summed E-state index contributed by atoms with van der Waals surface area (Å²) in [6.07, 6.45) is 2.53. The van der Waals surface area contributed by atoms with Crippen molar-refractivity contribution in [2.24, 2.45) is 11.3 Å². The van der Waals surface area contributed by atoms with Crippen molar-refractivity contribution >= 4 is 12.0 Å². The number of carbonyl (C=O) groups is 1. The van der Waals surface area contributed by atoms with E-state index in [1.807, 2.05) is 0 Å². The van der Waals surface area contributed by atoms with E-state index in [2.05, 4.69) is 24.1 Å². The molecule has 0 aromatic carbocycles. The summed E-state index contributed by atoms with van der Waals surface area (Å²) in [5.41, 5.74) is 0.633. The second-order valence-corrected chi connectivity index (χ2v) is 5.03. The zero-order valence-electron chi connectivity index (χ0n) is 10.4. The van der Waals surface area contributed by atoms with Gasteiger partial charge in [0.2, 0.25) is 0 Å². The zero-order valence-corrected chi connectivity index (χ0v) is 10.4. The Morgan fingerprint density at radius 3 is 3.00 bits per heavy atom. The van der Waals surface area contributed by atoms with Gasteiger partial charge < -0.3 is 14.5 Å². The number of nitrogens with zero attached hydrogens (tertiary/aromatic N) is 1. The Balaban J connectivity index is 1.84. The lowest BCUT2D eigenvalue weighted by atomic mass is 10.1. The van der Waals surface area contributed by atoms with E-state index < -0.39 is 5.97 Å². The SMILES string of the molecule is CCOC(=O)c1coc(NCC2CC2(C)C)n1. The highest BCUT2D eigenvalue weighted by molar-refractivity contribution is 5.87. The summed E-state index contributed by atoms with van der Waals surface area (Å²) in [4.78, 5) is 15.4. The van der Waals surface area contributed by atoms with Crippen LogP contribution in [0.25, 0.3) is 0 Å². The number of ether oxygens (including phenoxy) is 1. The van der Waals surface area contributed by atoms with Crippen LogP contribution in [0, 0.1) is 11.3 Å². The molecule has 5 heteroatoms. The van der Waals surface area contributed by atoms with Crippen LogP contribution in [0.15, 0.2) is 10.7 Å². The number of hydrogen-bond donors (Lipinski definition) is 1. The first-order valence-corrected chi connectivity index (χ1v) is 5.89. The van der Waals surface area contributed by atoms with E-state index in [4.69, 9.17) is 9.15 Å². The standard InChI is InChI=1S/C12H18N2O3/c1-4-16-10(15)9-7-17-11(14-9)13-6-8-5-12(8,2)3/h7-8H,4-6H2,1-3H3,(H,13,14). The van der Waals surface area contributed by atoms with Gasteiger partial charge >= 0.3 is 5.97 Å². The highest BCUT2D eigenvalue weighted by Crippen LogP contribution is 2.51. The maximum atomic E-state index is 11.3. The highest BCUT2D eigenvalue weighted by Gasteiger charge is 2.45. The van der Waals surface area contributed by atoms with Crippen LogP contribution < -0.4 is 5.32 Å². The Morgan fingerprint density at radius 2 is 2.41 bits per heavy atom. The number of nitrogens with one attached hydrogen (secondary N) is 1. The van der Waals surface area contributed by atoms with Crippen molar-refractivity contribution in [2.75, 3.05) is 18.5 Å². The van der Waals surface area contributed by atoms with Crippen LogP contribution in [0.3, 0.4) is 0 Å². The van der Waals surface area contributed by atoms with Crippen LogP contribution in [0.2, 0.25) is 0 Å². The number of carbonyl (C=O) groups excluding carboxylic acids is 1. The third kappa shape index (κ3) is 2.78. The third-order valence-electron chi connectivity index (χ3n) is 3.21. The molecule has 2 rings (SSSR count). The van der Waals surface area contributed by atoms with Crippen molar-refractivity contribution in [1.82, 2.24) is 4.98 Å². The molecule has 1 aliphatic rings. The molecule has 94 valence electrons. The topological polar surface area (TPSA) is 64.4 Å². The molecule has 1 heterocycles. The fourth-order valence-electron chi connectivity index (χ4n) is 1.79. The van der Waals surface area contributed by atoms with Crippen LogP contribution in [0.4, 0.5) is 6.01 Å². The van der Waals surface area contributed by atoms with E-state index in [1.54, 1.807) is 6.92 Å². The maximum Gasteiger partial charge on any atom is 0.360 e. The molecule has 0 amide bonds. The Bertz CT molecular complexity index is 412. The molecule has 5 nitrogen and oxygen atoms in total. The first-order chi connectivity index (χ1) is 8.03. The lowest BCUT2D eigenvalue weighted by molar-refractivity contribution is 0.0519. The molecule has 0 saturated heterocycles. The quantitative estimate of drug-likeness (QED) is 0.797. The number of esters is 1. The molecule has 1 aliphatic carbocycles. The predicted molar refractivity (Wildman–Crippen MR) is 62.8 cm³/mol. The summed E-state index contributed by atoms with van der Waals surface area (Å²) in [6, 6.07) is 0.385. The van der Waals surface area contributed by atoms with Gasteiger partial charge in [-0.05, 0) is 24.7 Å². The van der Waals surface area contributed by atoms with Crippen molar-refractivity contribution in [2.45, 2.75) is 27.2 Å². The molecule has 0 radical (unpaired) electrons. The van der Waals surface area contributed by atoms with Gasteiger partial charge in [-0.2, -0.15) is 4.98 Å². The van der Waals surface area contributed by atoms with Gasteiger partial charge in [0.15, 0.2) is 5.69 Å². The number of aromatic nitrogens is 1. The van der Waals surface area contributed by atoms with Crippen molar-refractivity contribution < 1.29 is 13.9 Å². The number of oxazole rings is 1. The van der Waals surface area contributed by atoms with Gasteiger partial charge in [-0.15, -0.1) is 0 Å². The van der Waals surface area contributed by atoms with E-state index in [9.17, 15) is 4.79 Å². The van der Waals surface area contributed by atoms with Crippen molar-refractivity contribution in [3.05, 3.63) is 12.0 Å². The number of hydrogen-bond acceptors (Lipinski definition) is 5. The molecular formula is C12H18N2O3. The van der Waals surface area contributed by atoms with Crippen LogP contribution >= 0.6 is 0 Å². The predicted octanol–water partition coefficient (Wildman–Crippen LogP) is 2.31. The second-order valence-electron chi connectivity index (χ2n) is 5.03. The highest BCUT2D eigenvalue weighted by atomic mass is 16.5. The van der Waals surface area contributed by atoms with E-state index in [-0.39, 0.29) is 5.69 Å². The van der Waals surface area contributed by atoms with Gasteiger partial charge in [0, 0.05) is 6.54 Å². The molecular weight excluding hydrogens is 220 g/mol. The van der Waals surface area contributed by atoms with Gasteiger partial charge in [-0.1, -0.05) is 13.8 Å². The minimum atomic E-state index is -0.448.